The molecule has 1 aromatic rings. The number of hydrogen-bond donors (Lipinski definition) is 1. The normalized spacial score (nSPS) is 23.0. The fourth-order valence-electron chi connectivity index (χ4n) is 2.87. The maximum atomic E-state index is 6.05. The van der Waals surface area contributed by atoms with Gasteiger partial charge in [0.2, 0.25) is 0 Å². The molecular weight excluding hydrogens is 240 g/mol. The van der Waals surface area contributed by atoms with Crippen molar-refractivity contribution in [3.8, 4) is 0 Å². The molecule has 1 aliphatic rings. The summed E-state index contributed by atoms with van der Waals surface area (Å²) in [7, 11) is 0. The molecule has 0 bridgehead atoms. The van der Waals surface area contributed by atoms with E-state index in [1.54, 1.807) is 0 Å². The smallest absolute Gasteiger partial charge is 0.0474 e. The van der Waals surface area contributed by atoms with Crippen LogP contribution < -0.4 is 5.73 Å². The van der Waals surface area contributed by atoms with Crippen molar-refractivity contribution in [1.82, 2.24) is 4.90 Å². The summed E-state index contributed by atoms with van der Waals surface area (Å²) in [5.41, 5.74) is 10.1. The maximum absolute atomic E-state index is 6.05. The monoisotopic (exact) mass is 264 g/mol. The van der Waals surface area contributed by atoms with E-state index in [4.69, 9.17) is 5.73 Å². The van der Waals surface area contributed by atoms with Gasteiger partial charge in [-0.3, -0.25) is 4.90 Å². The third kappa shape index (κ3) is 3.08. The van der Waals surface area contributed by atoms with Crippen LogP contribution in [0.15, 0.2) is 18.2 Å². The topological polar surface area (TPSA) is 29.3 Å². The molecule has 2 rings (SSSR count). The van der Waals surface area contributed by atoms with Crippen LogP contribution in [-0.2, 0) is 0 Å². The predicted octanol–water partition coefficient (Wildman–Crippen LogP) is 2.74. The third-order valence-electron chi connectivity index (χ3n) is 3.67. The fraction of sp³-hybridized carbons (Fsp3) is 0.600. The van der Waals surface area contributed by atoms with E-state index in [9.17, 15) is 0 Å². The molecule has 3 heteroatoms. The van der Waals surface area contributed by atoms with Crippen LogP contribution in [0.4, 0.5) is 0 Å². The lowest BCUT2D eigenvalue weighted by Crippen LogP contribution is -2.45. The van der Waals surface area contributed by atoms with E-state index in [0.29, 0.717) is 18.6 Å². The molecule has 0 saturated carbocycles. The molecule has 1 heterocycles. The van der Waals surface area contributed by atoms with Crippen LogP contribution in [0.25, 0.3) is 0 Å². The highest BCUT2D eigenvalue weighted by Gasteiger charge is 2.26. The highest BCUT2D eigenvalue weighted by Crippen LogP contribution is 2.28. The summed E-state index contributed by atoms with van der Waals surface area (Å²) < 4.78 is 0. The first-order valence-corrected chi connectivity index (χ1v) is 7.89. The first-order valence-electron chi connectivity index (χ1n) is 6.73. The molecule has 1 aliphatic heterocycles. The molecule has 2 N–H and O–H groups in total. The lowest BCUT2D eigenvalue weighted by molar-refractivity contribution is 0.166. The Morgan fingerprint density at radius 1 is 1.33 bits per heavy atom. The minimum atomic E-state index is 0.375. The van der Waals surface area contributed by atoms with Gasteiger partial charge in [-0.15, -0.1) is 0 Å². The predicted molar refractivity (Wildman–Crippen MR) is 81.2 cm³/mol. The van der Waals surface area contributed by atoms with Gasteiger partial charge in [0.15, 0.2) is 0 Å². The minimum Gasteiger partial charge on any atom is -0.329 e. The van der Waals surface area contributed by atoms with Crippen molar-refractivity contribution in [3.63, 3.8) is 0 Å². The quantitative estimate of drug-likeness (QED) is 0.910. The van der Waals surface area contributed by atoms with Crippen LogP contribution >= 0.6 is 11.8 Å². The summed E-state index contributed by atoms with van der Waals surface area (Å²) in [6.07, 6.45) is 0. The van der Waals surface area contributed by atoms with Crippen LogP contribution in [0.1, 0.15) is 29.7 Å². The number of thioether (sulfide) groups is 1. The zero-order chi connectivity index (χ0) is 13.1. The van der Waals surface area contributed by atoms with Gasteiger partial charge in [-0.2, -0.15) is 11.8 Å². The van der Waals surface area contributed by atoms with Crippen LogP contribution in [0.3, 0.4) is 0 Å². The van der Waals surface area contributed by atoms with E-state index in [-0.39, 0.29) is 0 Å². The number of benzene rings is 1. The summed E-state index contributed by atoms with van der Waals surface area (Å²) >= 11 is 2.05. The van der Waals surface area contributed by atoms with Crippen molar-refractivity contribution in [2.24, 2.45) is 5.73 Å². The summed E-state index contributed by atoms with van der Waals surface area (Å²) in [5.74, 6) is 2.45. The summed E-state index contributed by atoms with van der Waals surface area (Å²) in [5, 5.41) is 0. The lowest BCUT2D eigenvalue weighted by Gasteiger charge is -2.39. The Morgan fingerprint density at radius 2 is 2.00 bits per heavy atom. The second-order valence-electron chi connectivity index (χ2n) is 5.33. The average molecular weight is 264 g/mol. The molecule has 0 radical (unpaired) electrons. The zero-order valence-electron chi connectivity index (χ0n) is 11.6. The molecule has 1 aromatic carbocycles. The second-order valence-corrected chi connectivity index (χ2v) is 6.48. The number of nitrogens with two attached hydrogens (primary N) is 1. The van der Waals surface area contributed by atoms with Crippen molar-refractivity contribution in [2.45, 2.75) is 32.9 Å². The zero-order valence-corrected chi connectivity index (χ0v) is 12.5. The standard InChI is InChI=1S/C15H24N2S/c1-11-6-12(2)8-14(7-11)15(9-16)17-4-5-18-10-13(17)3/h6-8,13,15H,4-5,9-10,16H2,1-3H3. The van der Waals surface area contributed by atoms with Crippen LogP contribution in [-0.4, -0.2) is 35.5 Å². The van der Waals surface area contributed by atoms with Gasteiger partial charge < -0.3 is 5.73 Å². The third-order valence-corrected chi connectivity index (χ3v) is 4.86. The van der Waals surface area contributed by atoms with Gasteiger partial charge in [0.1, 0.15) is 0 Å². The van der Waals surface area contributed by atoms with E-state index >= 15 is 0 Å². The number of aryl methyl sites for hydroxylation is 2. The van der Waals surface area contributed by atoms with Crippen molar-refractivity contribution in [3.05, 3.63) is 34.9 Å². The van der Waals surface area contributed by atoms with Gasteiger partial charge >= 0.3 is 0 Å². The molecule has 0 amide bonds. The highest BCUT2D eigenvalue weighted by molar-refractivity contribution is 7.99. The Labute approximate surface area is 115 Å². The molecule has 0 aliphatic carbocycles. The van der Waals surface area contributed by atoms with Crippen LogP contribution in [0.2, 0.25) is 0 Å². The molecular formula is C15H24N2S. The van der Waals surface area contributed by atoms with Gasteiger partial charge in [0.25, 0.3) is 0 Å². The van der Waals surface area contributed by atoms with E-state index < -0.39 is 0 Å². The van der Waals surface area contributed by atoms with E-state index in [2.05, 4.69) is 55.6 Å². The van der Waals surface area contributed by atoms with Gasteiger partial charge in [-0.05, 0) is 26.3 Å². The molecule has 2 atom stereocenters. The Bertz CT molecular complexity index is 385. The lowest BCUT2D eigenvalue weighted by atomic mass is 9.99. The van der Waals surface area contributed by atoms with Crippen LogP contribution in [0, 0.1) is 13.8 Å². The van der Waals surface area contributed by atoms with Crippen LogP contribution in [0.5, 0.6) is 0 Å². The largest absolute Gasteiger partial charge is 0.329 e. The molecule has 0 spiro atoms. The molecule has 18 heavy (non-hydrogen) atoms. The van der Waals surface area contributed by atoms with E-state index in [1.165, 1.54) is 28.2 Å². The minimum absolute atomic E-state index is 0.375. The van der Waals surface area contributed by atoms with Gasteiger partial charge in [0, 0.05) is 36.7 Å². The Kier molecular flexibility index (Phi) is 4.71. The molecule has 100 valence electrons. The van der Waals surface area contributed by atoms with Gasteiger partial charge in [0.05, 0.1) is 0 Å². The fourth-order valence-corrected chi connectivity index (χ4v) is 3.91. The van der Waals surface area contributed by atoms with Crippen molar-refractivity contribution in [1.29, 1.82) is 0 Å². The molecule has 1 saturated heterocycles. The average Bonchev–Trinajstić information content (AvgIpc) is 2.31. The summed E-state index contributed by atoms with van der Waals surface area (Å²) in [6.45, 7) is 8.51. The molecule has 0 aromatic heterocycles. The van der Waals surface area contributed by atoms with Crippen molar-refractivity contribution < 1.29 is 0 Å². The van der Waals surface area contributed by atoms with Crippen molar-refractivity contribution >= 4 is 11.8 Å². The molecule has 1 fully saturated rings. The van der Waals surface area contributed by atoms with E-state index in [1.807, 2.05) is 0 Å². The first kappa shape index (κ1) is 13.9. The summed E-state index contributed by atoms with van der Waals surface area (Å²) in [6, 6.07) is 7.81. The molecule has 2 unspecified atom stereocenters. The van der Waals surface area contributed by atoms with Crippen molar-refractivity contribution in [2.75, 3.05) is 24.6 Å². The first-order chi connectivity index (χ1) is 8.61. The number of nitrogens with zero attached hydrogens (tertiary/aromatic N) is 1. The Hall–Kier alpha value is -0.510. The van der Waals surface area contributed by atoms with Gasteiger partial charge in [-0.25, -0.2) is 0 Å². The second kappa shape index (κ2) is 6.09. The summed E-state index contributed by atoms with van der Waals surface area (Å²) in [4.78, 5) is 2.57. The maximum Gasteiger partial charge on any atom is 0.0474 e. The highest BCUT2D eigenvalue weighted by atomic mass is 32.2. The van der Waals surface area contributed by atoms with E-state index in [0.717, 1.165) is 6.54 Å². The van der Waals surface area contributed by atoms with Gasteiger partial charge in [-0.1, -0.05) is 29.3 Å². The Balaban J connectivity index is 2.26. The SMILES string of the molecule is Cc1cc(C)cc(C(CN)N2CCSCC2C)c1. The molecule has 2 nitrogen and oxygen atoms in total. The number of rotatable bonds is 3. The number of hydrogen-bond acceptors (Lipinski definition) is 3. The Morgan fingerprint density at radius 3 is 2.56 bits per heavy atom.